The number of para-hydroxylation sites is 2. The molecule has 2 aromatic carbocycles. The highest BCUT2D eigenvalue weighted by molar-refractivity contribution is 6.31. The van der Waals surface area contributed by atoms with Crippen molar-refractivity contribution in [2.75, 3.05) is 0 Å². The molecule has 9 nitrogen and oxygen atoms in total. The van der Waals surface area contributed by atoms with Gasteiger partial charge < -0.3 is 24.8 Å². The number of hydrogen-bond donors (Lipinski definition) is 3. The van der Waals surface area contributed by atoms with Crippen LogP contribution in [0.5, 0.6) is 17.2 Å². The largest absolute Gasteiger partial charge is 0.507 e. The summed E-state index contributed by atoms with van der Waals surface area (Å²) < 4.78 is 7.84. The molecule has 1 aliphatic heterocycles. The van der Waals surface area contributed by atoms with Crippen molar-refractivity contribution >= 4 is 28.4 Å². The van der Waals surface area contributed by atoms with E-state index in [0.717, 1.165) is 16.9 Å². The Balaban J connectivity index is 1.64. The van der Waals surface area contributed by atoms with Crippen molar-refractivity contribution in [3.63, 3.8) is 0 Å². The van der Waals surface area contributed by atoms with Gasteiger partial charge in [-0.05, 0) is 45.7 Å². The Bertz CT molecular complexity index is 1680. The molecule has 0 amide bonds. The summed E-state index contributed by atoms with van der Waals surface area (Å²) in [6, 6.07) is 7.46. The molecule has 5 rings (SSSR count). The highest BCUT2D eigenvalue weighted by Gasteiger charge is 2.56. The molecular formula is C30H31N3O6. The number of carbonyl (C=O) groups excluding carboxylic acids is 3. The molecule has 0 spiro atoms. The second kappa shape index (κ2) is 8.83. The first-order chi connectivity index (χ1) is 18.3. The minimum Gasteiger partial charge on any atom is -0.507 e. The first-order valence-electron chi connectivity index (χ1n) is 12.8. The van der Waals surface area contributed by atoms with Gasteiger partial charge in [-0.1, -0.05) is 26.0 Å². The van der Waals surface area contributed by atoms with Crippen molar-refractivity contribution in [1.29, 1.82) is 0 Å². The lowest BCUT2D eigenvalue weighted by Crippen LogP contribution is -2.41. The third-order valence-electron chi connectivity index (χ3n) is 7.90. The van der Waals surface area contributed by atoms with Crippen LogP contribution in [0.2, 0.25) is 0 Å². The molecule has 0 fully saturated rings. The van der Waals surface area contributed by atoms with Gasteiger partial charge in [0.15, 0.2) is 17.3 Å². The van der Waals surface area contributed by atoms with Gasteiger partial charge in [0.2, 0.25) is 0 Å². The number of ether oxygens (including phenoxy) is 1. The van der Waals surface area contributed by atoms with Crippen molar-refractivity contribution in [3.05, 3.63) is 69.9 Å². The Morgan fingerprint density at radius 3 is 2.41 bits per heavy atom. The van der Waals surface area contributed by atoms with Gasteiger partial charge in [0, 0.05) is 24.4 Å². The van der Waals surface area contributed by atoms with E-state index in [-0.39, 0.29) is 51.5 Å². The lowest BCUT2D eigenvalue weighted by atomic mass is 9.70. The summed E-state index contributed by atoms with van der Waals surface area (Å²) in [5.41, 5.74) is 0.500. The molecule has 3 N–H and O–H groups in total. The van der Waals surface area contributed by atoms with Crippen molar-refractivity contribution in [2.24, 2.45) is 13.0 Å². The van der Waals surface area contributed by atoms with Crippen LogP contribution in [0.3, 0.4) is 0 Å². The molecule has 0 radical (unpaired) electrons. The Morgan fingerprint density at radius 2 is 1.79 bits per heavy atom. The fraction of sp³-hybridized carbons (Fsp3) is 0.333. The fourth-order valence-corrected chi connectivity index (χ4v) is 5.64. The zero-order valence-corrected chi connectivity index (χ0v) is 23.0. The van der Waals surface area contributed by atoms with Gasteiger partial charge in [-0.3, -0.25) is 14.4 Å². The lowest BCUT2D eigenvalue weighted by Gasteiger charge is -2.30. The molecule has 2 heterocycles. The predicted octanol–water partition coefficient (Wildman–Crippen LogP) is 4.44. The number of ketones is 3. The van der Waals surface area contributed by atoms with Gasteiger partial charge in [-0.25, -0.2) is 4.98 Å². The van der Waals surface area contributed by atoms with Gasteiger partial charge in [0.05, 0.1) is 28.2 Å². The quantitative estimate of drug-likeness (QED) is 0.251. The Hall–Kier alpha value is -4.40. The van der Waals surface area contributed by atoms with Gasteiger partial charge in [-0.2, -0.15) is 0 Å². The molecule has 0 bridgehead atoms. The first kappa shape index (κ1) is 26.2. The molecular weight excluding hydrogens is 498 g/mol. The number of allylic oxidation sites excluding steroid dienone is 4. The number of aromatic nitrogens is 2. The molecule has 9 heteroatoms. The smallest absolute Gasteiger partial charge is 0.194 e. The van der Waals surface area contributed by atoms with Crippen molar-refractivity contribution < 1.29 is 29.3 Å². The van der Waals surface area contributed by atoms with Crippen LogP contribution in [0.25, 0.3) is 11.0 Å². The highest BCUT2D eigenvalue weighted by atomic mass is 16.5. The van der Waals surface area contributed by atoms with Crippen LogP contribution >= 0.6 is 0 Å². The summed E-state index contributed by atoms with van der Waals surface area (Å²) in [5.74, 6) is -1.69. The molecule has 0 unspecified atom stereocenters. The number of aryl methyl sites for hydroxylation is 1. The zero-order valence-electron chi connectivity index (χ0n) is 23.0. The van der Waals surface area contributed by atoms with Crippen molar-refractivity contribution in [3.8, 4) is 17.2 Å². The summed E-state index contributed by atoms with van der Waals surface area (Å²) in [5, 5.41) is 25.0. The molecule has 0 saturated heterocycles. The van der Waals surface area contributed by atoms with Crippen LogP contribution in [0, 0.1) is 12.8 Å². The monoisotopic (exact) mass is 529 g/mol. The molecule has 1 aromatic heterocycles. The second-order valence-corrected chi connectivity index (χ2v) is 10.8. The minimum absolute atomic E-state index is 0.00242. The molecule has 202 valence electrons. The van der Waals surface area contributed by atoms with E-state index in [9.17, 15) is 24.6 Å². The van der Waals surface area contributed by atoms with Crippen LogP contribution in [-0.4, -0.2) is 37.1 Å². The summed E-state index contributed by atoms with van der Waals surface area (Å²) in [6.45, 7) is 9.98. The summed E-state index contributed by atoms with van der Waals surface area (Å²) in [4.78, 5) is 44.7. The Labute approximate surface area is 225 Å². The van der Waals surface area contributed by atoms with Crippen LogP contribution in [0.15, 0.2) is 47.4 Å². The van der Waals surface area contributed by atoms with E-state index in [1.165, 1.54) is 19.9 Å². The van der Waals surface area contributed by atoms with Gasteiger partial charge in [0.25, 0.3) is 0 Å². The van der Waals surface area contributed by atoms with E-state index in [0.29, 0.717) is 5.70 Å². The third kappa shape index (κ3) is 3.60. The summed E-state index contributed by atoms with van der Waals surface area (Å²) >= 11 is 0. The number of phenolic OH excluding ortho intramolecular Hbond substituents is 2. The maximum Gasteiger partial charge on any atom is 0.194 e. The van der Waals surface area contributed by atoms with Crippen LogP contribution < -0.4 is 10.1 Å². The summed E-state index contributed by atoms with van der Waals surface area (Å²) in [6.07, 6.45) is 1.22. The molecule has 1 aliphatic carbocycles. The number of benzene rings is 2. The number of phenols is 2. The molecule has 2 aliphatic rings. The topological polar surface area (TPSA) is 131 Å². The predicted molar refractivity (Wildman–Crippen MR) is 145 cm³/mol. The zero-order chi connectivity index (χ0) is 28.5. The number of carbonyl (C=O) groups is 3. The SMILES string of the molecule is CC(=O)c1c(O)c(C)c(O)c2c1OC1=CC(=O)/C(=C(/C)N[C@@H](c3nc4ccccc4n3C)C(C)C)C(=O)[C@]12C. The molecule has 2 atom stereocenters. The van der Waals surface area contributed by atoms with E-state index >= 15 is 0 Å². The molecule has 39 heavy (non-hydrogen) atoms. The number of rotatable bonds is 5. The number of hydrogen-bond acceptors (Lipinski definition) is 8. The van der Waals surface area contributed by atoms with Gasteiger partial charge in [-0.15, -0.1) is 0 Å². The van der Waals surface area contributed by atoms with Crippen LogP contribution in [0.4, 0.5) is 0 Å². The standard InChI is InChI=1S/C30H31N3O6/c1-13(2)24(29-32-17-10-8-9-11-18(17)33(29)7)31-15(4)21-19(35)12-20-30(6,28(21)38)23-26(37)14(3)25(36)22(16(5)34)27(23)39-20/h8-13,24,31,36-37H,1-7H3/b21-15+/t24-,30-/m1/s1. The number of aromatic hydroxyl groups is 2. The fourth-order valence-electron chi connectivity index (χ4n) is 5.64. The van der Waals surface area contributed by atoms with Crippen molar-refractivity contribution in [1.82, 2.24) is 14.9 Å². The lowest BCUT2D eigenvalue weighted by molar-refractivity contribution is -0.123. The average molecular weight is 530 g/mol. The second-order valence-electron chi connectivity index (χ2n) is 10.8. The minimum atomic E-state index is -1.57. The van der Waals surface area contributed by atoms with E-state index < -0.39 is 28.5 Å². The van der Waals surface area contributed by atoms with E-state index in [2.05, 4.69) is 5.32 Å². The van der Waals surface area contributed by atoms with E-state index in [4.69, 9.17) is 9.72 Å². The maximum absolute atomic E-state index is 14.1. The van der Waals surface area contributed by atoms with Gasteiger partial charge >= 0.3 is 0 Å². The number of imidazole rings is 1. The van der Waals surface area contributed by atoms with Crippen molar-refractivity contribution in [2.45, 2.75) is 53.0 Å². The normalized spacial score (nSPS) is 20.5. The highest BCUT2D eigenvalue weighted by Crippen LogP contribution is 2.57. The first-order valence-corrected chi connectivity index (χ1v) is 12.8. The number of fused-ring (bicyclic) bond motifs is 4. The van der Waals surface area contributed by atoms with Crippen LogP contribution in [-0.2, 0) is 22.1 Å². The number of nitrogens with zero attached hydrogens (tertiary/aromatic N) is 2. The molecule has 0 saturated carbocycles. The van der Waals surface area contributed by atoms with E-state index in [1.807, 2.05) is 49.7 Å². The van der Waals surface area contributed by atoms with Gasteiger partial charge in [0.1, 0.15) is 39.8 Å². The maximum atomic E-state index is 14.1. The average Bonchev–Trinajstić information content (AvgIpc) is 3.35. The number of nitrogens with one attached hydrogen (secondary N) is 1. The van der Waals surface area contributed by atoms with E-state index in [1.54, 1.807) is 13.8 Å². The summed E-state index contributed by atoms with van der Waals surface area (Å²) in [7, 11) is 1.93. The molecule has 3 aromatic rings. The Morgan fingerprint density at radius 1 is 1.13 bits per heavy atom. The third-order valence-corrected chi connectivity index (χ3v) is 7.90. The number of Topliss-reactive ketones (excluding diaryl/α,β-unsaturated/α-hetero) is 2. The van der Waals surface area contributed by atoms with Crippen LogP contribution in [0.1, 0.15) is 68.0 Å². The Kier molecular flexibility index (Phi) is 5.93.